The Kier molecular flexibility index (Phi) is 4.52. The molecule has 0 aliphatic rings. The van der Waals surface area contributed by atoms with E-state index in [1.165, 1.54) is 0 Å². The lowest BCUT2D eigenvalue weighted by molar-refractivity contribution is -0.135. The van der Waals surface area contributed by atoms with E-state index in [4.69, 9.17) is 11.6 Å². The monoisotopic (exact) mass is 305 g/mol. The highest BCUT2D eigenvalue weighted by Crippen LogP contribution is 2.23. The highest BCUT2D eigenvalue weighted by Gasteiger charge is 2.26. The van der Waals surface area contributed by atoms with Gasteiger partial charge in [-0.05, 0) is 31.4 Å². The van der Waals surface area contributed by atoms with Gasteiger partial charge in [0.25, 0.3) is 0 Å². The van der Waals surface area contributed by atoms with E-state index in [1.807, 2.05) is 13.0 Å². The molecule has 20 heavy (non-hydrogen) atoms. The average molecular weight is 306 g/mol. The van der Waals surface area contributed by atoms with Gasteiger partial charge in [0.05, 0.1) is 5.88 Å². The second kappa shape index (κ2) is 5.99. The number of halogens is 4. The molecule has 0 amide bonds. The Morgan fingerprint density at radius 3 is 2.70 bits per heavy atom. The van der Waals surface area contributed by atoms with Crippen molar-refractivity contribution in [3.05, 3.63) is 23.7 Å². The summed E-state index contributed by atoms with van der Waals surface area (Å²) in [7, 11) is 0. The number of fused-ring (bicyclic) bond motifs is 1. The van der Waals surface area contributed by atoms with Crippen molar-refractivity contribution in [2.75, 3.05) is 0 Å². The zero-order valence-electron chi connectivity index (χ0n) is 11.0. The van der Waals surface area contributed by atoms with E-state index in [1.54, 1.807) is 10.8 Å². The molecule has 2 heterocycles. The molecule has 0 bridgehead atoms. The van der Waals surface area contributed by atoms with Crippen LogP contribution in [0.4, 0.5) is 13.2 Å². The number of imidazole rings is 1. The van der Waals surface area contributed by atoms with Gasteiger partial charge < -0.3 is 4.57 Å². The van der Waals surface area contributed by atoms with Crippen LogP contribution in [-0.4, -0.2) is 20.7 Å². The first-order chi connectivity index (χ1) is 9.40. The Labute approximate surface area is 119 Å². The molecule has 0 saturated carbocycles. The van der Waals surface area contributed by atoms with Crippen LogP contribution in [0.1, 0.15) is 30.7 Å². The molecule has 0 atom stereocenters. The summed E-state index contributed by atoms with van der Waals surface area (Å²) in [5.74, 6) is 0.862. The van der Waals surface area contributed by atoms with Crippen LogP contribution in [-0.2, 0) is 12.4 Å². The summed E-state index contributed by atoms with van der Waals surface area (Å²) in [5, 5.41) is 0. The minimum absolute atomic E-state index is 0.0940. The third-order valence-electron chi connectivity index (χ3n) is 3.01. The van der Waals surface area contributed by atoms with Gasteiger partial charge in [0.1, 0.15) is 11.3 Å². The van der Waals surface area contributed by atoms with Gasteiger partial charge in [-0.2, -0.15) is 13.2 Å². The Morgan fingerprint density at radius 2 is 2.05 bits per heavy atom. The van der Waals surface area contributed by atoms with Crippen molar-refractivity contribution in [3.63, 3.8) is 0 Å². The second-order valence-electron chi connectivity index (χ2n) is 4.74. The van der Waals surface area contributed by atoms with Crippen LogP contribution in [0.2, 0.25) is 0 Å². The second-order valence-corrected chi connectivity index (χ2v) is 5.01. The summed E-state index contributed by atoms with van der Waals surface area (Å²) >= 11 is 5.84. The van der Waals surface area contributed by atoms with Crippen molar-refractivity contribution >= 4 is 22.8 Å². The Morgan fingerprint density at radius 1 is 1.30 bits per heavy atom. The highest BCUT2D eigenvalue weighted by molar-refractivity contribution is 6.16. The smallest absolute Gasteiger partial charge is 0.312 e. The molecule has 2 aromatic rings. The van der Waals surface area contributed by atoms with E-state index in [0.717, 1.165) is 11.1 Å². The largest absolute Gasteiger partial charge is 0.389 e. The molecule has 0 aliphatic carbocycles. The molecular weight excluding hydrogens is 291 g/mol. The predicted octanol–water partition coefficient (Wildman–Crippen LogP) is 4.21. The number of rotatable bonds is 5. The van der Waals surface area contributed by atoms with Crippen molar-refractivity contribution < 1.29 is 13.2 Å². The van der Waals surface area contributed by atoms with Gasteiger partial charge >= 0.3 is 6.18 Å². The van der Waals surface area contributed by atoms with E-state index < -0.39 is 12.6 Å². The van der Waals surface area contributed by atoms with Gasteiger partial charge in [0, 0.05) is 19.2 Å². The summed E-state index contributed by atoms with van der Waals surface area (Å²) in [4.78, 5) is 8.66. The fourth-order valence-electron chi connectivity index (χ4n) is 2.09. The normalized spacial score (nSPS) is 12.2. The molecule has 0 aliphatic heterocycles. The van der Waals surface area contributed by atoms with Crippen LogP contribution < -0.4 is 0 Å². The van der Waals surface area contributed by atoms with Gasteiger partial charge in [-0.15, -0.1) is 11.6 Å². The Hall–Kier alpha value is -1.30. The zero-order valence-corrected chi connectivity index (χ0v) is 11.8. The van der Waals surface area contributed by atoms with Crippen molar-refractivity contribution in [2.45, 2.75) is 44.8 Å². The van der Waals surface area contributed by atoms with Gasteiger partial charge in [-0.1, -0.05) is 0 Å². The zero-order chi connectivity index (χ0) is 14.8. The van der Waals surface area contributed by atoms with Gasteiger partial charge in [0.2, 0.25) is 0 Å². The number of hydrogen-bond acceptors (Lipinski definition) is 2. The number of aromatic nitrogens is 3. The molecule has 0 N–H and O–H groups in total. The maximum Gasteiger partial charge on any atom is 0.389 e. The summed E-state index contributed by atoms with van der Waals surface area (Å²) in [6.07, 6.45) is -2.63. The molecule has 0 saturated heterocycles. The minimum Gasteiger partial charge on any atom is -0.312 e. The molecule has 3 nitrogen and oxygen atoms in total. The Bertz CT molecular complexity index is 592. The number of pyridine rings is 1. The van der Waals surface area contributed by atoms with E-state index in [0.29, 0.717) is 24.4 Å². The van der Waals surface area contributed by atoms with Crippen molar-refractivity contribution in [1.29, 1.82) is 0 Å². The molecule has 0 fully saturated rings. The van der Waals surface area contributed by atoms with E-state index >= 15 is 0 Å². The molecule has 0 spiro atoms. The molecule has 0 radical (unpaired) electrons. The van der Waals surface area contributed by atoms with Crippen LogP contribution in [0.3, 0.4) is 0 Å². The van der Waals surface area contributed by atoms with E-state index in [-0.39, 0.29) is 12.3 Å². The summed E-state index contributed by atoms with van der Waals surface area (Å²) in [5.41, 5.74) is 2.40. The third kappa shape index (κ3) is 3.62. The van der Waals surface area contributed by atoms with E-state index in [2.05, 4.69) is 9.97 Å². The van der Waals surface area contributed by atoms with Crippen LogP contribution in [0.15, 0.2) is 12.3 Å². The first-order valence-corrected chi connectivity index (χ1v) is 6.88. The lowest BCUT2D eigenvalue weighted by Crippen LogP contribution is -2.08. The van der Waals surface area contributed by atoms with Crippen LogP contribution in [0.25, 0.3) is 11.2 Å². The van der Waals surface area contributed by atoms with Crippen LogP contribution in [0, 0.1) is 6.92 Å². The lowest BCUT2D eigenvalue weighted by atomic mass is 10.2. The van der Waals surface area contributed by atoms with Gasteiger partial charge in [-0.25, -0.2) is 9.97 Å². The molecular formula is C13H15ClF3N3. The maximum absolute atomic E-state index is 12.1. The Balaban J connectivity index is 2.12. The number of hydrogen-bond donors (Lipinski definition) is 0. The molecule has 0 unspecified atom stereocenters. The molecule has 110 valence electrons. The summed E-state index contributed by atoms with van der Waals surface area (Å²) < 4.78 is 38.1. The average Bonchev–Trinajstić information content (AvgIpc) is 2.70. The van der Waals surface area contributed by atoms with Crippen molar-refractivity contribution in [3.8, 4) is 0 Å². The fourth-order valence-corrected chi connectivity index (χ4v) is 2.29. The highest BCUT2D eigenvalue weighted by atomic mass is 35.5. The minimum atomic E-state index is -4.10. The van der Waals surface area contributed by atoms with E-state index in [9.17, 15) is 13.2 Å². The molecule has 0 aromatic carbocycles. The fraction of sp³-hybridized carbons (Fsp3) is 0.538. The number of nitrogens with zero attached hydrogens (tertiary/aromatic N) is 3. The van der Waals surface area contributed by atoms with Crippen LogP contribution in [0.5, 0.6) is 0 Å². The summed E-state index contributed by atoms with van der Waals surface area (Å²) in [6.45, 7) is 2.36. The van der Waals surface area contributed by atoms with Gasteiger partial charge in [0.15, 0.2) is 5.65 Å². The van der Waals surface area contributed by atoms with Gasteiger partial charge in [-0.3, -0.25) is 0 Å². The number of aryl methyl sites for hydroxylation is 2. The molecule has 2 aromatic heterocycles. The first kappa shape index (κ1) is 15.1. The standard InChI is InChI=1S/C13H15ClF3N3/c1-9-6-10-12(18-8-9)20(11(7-14)19-10)5-3-2-4-13(15,16)17/h6,8H,2-5,7H2,1H3. The molecule has 2 rings (SSSR count). The summed E-state index contributed by atoms with van der Waals surface area (Å²) in [6, 6.07) is 1.89. The quantitative estimate of drug-likeness (QED) is 0.612. The number of unbranched alkanes of at least 4 members (excludes halogenated alkanes) is 1. The van der Waals surface area contributed by atoms with Crippen molar-refractivity contribution in [2.24, 2.45) is 0 Å². The van der Waals surface area contributed by atoms with Crippen molar-refractivity contribution in [1.82, 2.24) is 14.5 Å². The van der Waals surface area contributed by atoms with Crippen LogP contribution >= 0.6 is 11.6 Å². The number of alkyl halides is 4. The molecule has 7 heteroatoms. The maximum atomic E-state index is 12.1. The SMILES string of the molecule is Cc1cnc2c(c1)nc(CCl)n2CCCCC(F)(F)F. The topological polar surface area (TPSA) is 30.7 Å². The lowest BCUT2D eigenvalue weighted by Gasteiger charge is -2.08. The predicted molar refractivity (Wildman–Crippen MR) is 71.7 cm³/mol. The third-order valence-corrected chi connectivity index (χ3v) is 3.25. The first-order valence-electron chi connectivity index (χ1n) is 6.35.